The maximum absolute atomic E-state index is 13.2. The summed E-state index contributed by atoms with van der Waals surface area (Å²) in [6, 6.07) is 3.93. The average Bonchev–Trinajstić information content (AvgIpc) is 2.61. The van der Waals surface area contributed by atoms with Crippen LogP contribution in [-0.2, 0) is 0 Å². The van der Waals surface area contributed by atoms with Crippen molar-refractivity contribution in [1.82, 2.24) is 10.2 Å². The number of benzene rings is 1. The van der Waals surface area contributed by atoms with Crippen LogP contribution in [0.2, 0.25) is 5.02 Å². The van der Waals surface area contributed by atoms with Gasteiger partial charge in [-0.25, -0.2) is 4.39 Å². The van der Waals surface area contributed by atoms with Crippen LogP contribution >= 0.6 is 11.6 Å². The number of hydrogen-bond acceptors (Lipinski definition) is 2. The van der Waals surface area contributed by atoms with E-state index in [0.717, 1.165) is 25.9 Å². The molecule has 1 aromatic rings. The zero-order valence-corrected chi connectivity index (χ0v) is 14.9. The van der Waals surface area contributed by atoms with E-state index in [1.165, 1.54) is 56.7 Å². The molecule has 0 aromatic heterocycles. The third-order valence-electron chi connectivity index (χ3n) is 5.56. The van der Waals surface area contributed by atoms with Crippen LogP contribution in [0.25, 0.3) is 0 Å². The Morgan fingerprint density at radius 2 is 1.79 bits per heavy atom. The fraction of sp³-hybridized carbons (Fsp3) is 0.632. The summed E-state index contributed by atoms with van der Waals surface area (Å²) >= 11 is 6.02. The standard InChI is InChI=1S/C19H26ClFN2O/c20-17-13-15(21)7-8-16(17)18(24)22-14-19(9-3-1-4-10-19)23-11-5-2-6-12-23/h7-8,13H,1-6,9-12,14H2,(H,22,24). The fourth-order valence-electron chi connectivity index (χ4n) is 4.20. The van der Waals surface area contributed by atoms with Gasteiger partial charge in [0.1, 0.15) is 5.82 Å². The first-order valence-electron chi connectivity index (χ1n) is 9.09. The molecule has 2 fully saturated rings. The van der Waals surface area contributed by atoms with Crippen molar-refractivity contribution in [3.05, 3.63) is 34.6 Å². The number of carbonyl (C=O) groups is 1. The Hall–Kier alpha value is -1.13. The quantitative estimate of drug-likeness (QED) is 0.871. The molecular formula is C19H26ClFN2O. The van der Waals surface area contributed by atoms with Crippen molar-refractivity contribution in [1.29, 1.82) is 0 Å². The molecule has 1 aliphatic heterocycles. The van der Waals surface area contributed by atoms with E-state index < -0.39 is 5.82 Å². The Morgan fingerprint density at radius 1 is 1.12 bits per heavy atom. The molecule has 2 aliphatic rings. The zero-order chi connectivity index (χ0) is 17.0. The minimum atomic E-state index is -0.423. The Morgan fingerprint density at radius 3 is 2.46 bits per heavy atom. The summed E-state index contributed by atoms with van der Waals surface area (Å²) < 4.78 is 13.2. The van der Waals surface area contributed by atoms with Crippen molar-refractivity contribution in [2.75, 3.05) is 19.6 Å². The smallest absolute Gasteiger partial charge is 0.252 e. The molecule has 132 valence electrons. The summed E-state index contributed by atoms with van der Waals surface area (Å²) in [6.07, 6.45) is 9.83. The van der Waals surface area contributed by atoms with Crippen LogP contribution in [0.1, 0.15) is 61.7 Å². The summed E-state index contributed by atoms with van der Waals surface area (Å²) in [5, 5.41) is 3.25. The number of piperidine rings is 1. The molecule has 0 spiro atoms. The third kappa shape index (κ3) is 3.92. The van der Waals surface area contributed by atoms with Crippen LogP contribution in [0.5, 0.6) is 0 Å². The predicted octanol–water partition coefficient (Wildman–Crippen LogP) is 4.40. The Balaban J connectivity index is 1.69. The lowest BCUT2D eigenvalue weighted by molar-refractivity contribution is 0.0326. The maximum Gasteiger partial charge on any atom is 0.252 e. The SMILES string of the molecule is O=C(NCC1(N2CCCCC2)CCCCC1)c1ccc(F)cc1Cl. The van der Waals surface area contributed by atoms with Crippen LogP contribution in [0.15, 0.2) is 18.2 Å². The van der Waals surface area contributed by atoms with Gasteiger partial charge in [-0.1, -0.05) is 37.3 Å². The molecule has 1 aliphatic carbocycles. The van der Waals surface area contributed by atoms with Crippen molar-refractivity contribution >= 4 is 17.5 Å². The third-order valence-corrected chi connectivity index (χ3v) is 5.88. The molecule has 0 unspecified atom stereocenters. The molecule has 0 radical (unpaired) electrons. The molecule has 1 amide bonds. The van der Waals surface area contributed by atoms with Crippen LogP contribution in [0.4, 0.5) is 4.39 Å². The van der Waals surface area contributed by atoms with E-state index in [9.17, 15) is 9.18 Å². The number of amides is 1. The highest BCUT2D eigenvalue weighted by Gasteiger charge is 2.38. The zero-order valence-electron chi connectivity index (χ0n) is 14.1. The molecule has 24 heavy (non-hydrogen) atoms. The molecular weight excluding hydrogens is 327 g/mol. The highest BCUT2D eigenvalue weighted by Crippen LogP contribution is 2.35. The van der Waals surface area contributed by atoms with Gasteiger partial charge in [-0.3, -0.25) is 9.69 Å². The van der Waals surface area contributed by atoms with Gasteiger partial charge < -0.3 is 5.32 Å². The number of hydrogen-bond donors (Lipinski definition) is 1. The van der Waals surface area contributed by atoms with Gasteiger partial charge in [-0.2, -0.15) is 0 Å². The highest BCUT2D eigenvalue weighted by molar-refractivity contribution is 6.33. The molecule has 1 N–H and O–H groups in total. The van der Waals surface area contributed by atoms with E-state index in [-0.39, 0.29) is 16.5 Å². The summed E-state index contributed by atoms with van der Waals surface area (Å²) in [4.78, 5) is 15.1. The van der Waals surface area contributed by atoms with Gasteiger partial charge in [-0.05, 0) is 57.0 Å². The van der Waals surface area contributed by atoms with Gasteiger partial charge in [0.25, 0.3) is 5.91 Å². The first-order valence-corrected chi connectivity index (χ1v) is 9.47. The Kier molecular flexibility index (Phi) is 5.77. The fourth-order valence-corrected chi connectivity index (χ4v) is 4.45. The van der Waals surface area contributed by atoms with Crippen LogP contribution in [0, 0.1) is 5.82 Å². The van der Waals surface area contributed by atoms with Crippen LogP contribution in [-0.4, -0.2) is 36.0 Å². The van der Waals surface area contributed by atoms with E-state index in [2.05, 4.69) is 10.2 Å². The van der Waals surface area contributed by atoms with E-state index in [4.69, 9.17) is 11.6 Å². The second kappa shape index (κ2) is 7.83. The predicted molar refractivity (Wildman–Crippen MR) is 95.0 cm³/mol. The second-order valence-corrected chi connectivity index (χ2v) is 7.55. The lowest BCUT2D eigenvalue weighted by Crippen LogP contribution is -2.58. The lowest BCUT2D eigenvalue weighted by Gasteiger charge is -2.48. The number of nitrogens with one attached hydrogen (secondary N) is 1. The molecule has 3 nitrogen and oxygen atoms in total. The average molecular weight is 353 g/mol. The van der Waals surface area contributed by atoms with Crippen molar-refractivity contribution in [3.63, 3.8) is 0 Å². The molecule has 1 heterocycles. The van der Waals surface area contributed by atoms with Crippen LogP contribution in [0.3, 0.4) is 0 Å². The number of halogens is 2. The largest absolute Gasteiger partial charge is 0.350 e. The van der Waals surface area contributed by atoms with E-state index >= 15 is 0 Å². The van der Waals surface area contributed by atoms with Crippen molar-refractivity contribution in [2.24, 2.45) is 0 Å². The molecule has 0 bridgehead atoms. The van der Waals surface area contributed by atoms with E-state index in [1.54, 1.807) is 0 Å². The normalized spacial score (nSPS) is 21.4. The molecule has 3 rings (SSSR count). The monoisotopic (exact) mass is 352 g/mol. The summed E-state index contributed by atoms with van der Waals surface area (Å²) in [7, 11) is 0. The topological polar surface area (TPSA) is 32.3 Å². The van der Waals surface area contributed by atoms with Gasteiger partial charge in [-0.15, -0.1) is 0 Å². The van der Waals surface area contributed by atoms with Crippen molar-refractivity contribution in [3.8, 4) is 0 Å². The minimum Gasteiger partial charge on any atom is -0.350 e. The molecule has 1 saturated heterocycles. The summed E-state index contributed by atoms with van der Waals surface area (Å²) in [5.41, 5.74) is 0.434. The van der Waals surface area contributed by atoms with E-state index in [0.29, 0.717) is 12.1 Å². The van der Waals surface area contributed by atoms with Gasteiger partial charge in [0.15, 0.2) is 0 Å². The number of likely N-dealkylation sites (tertiary alicyclic amines) is 1. The Bertz CT molecular complexity index is 581. The summed E-state index contributed by atoms with van der Waals surface area (Å²) in [6.45, 7) is 2.92. The molecule has 0 atom stereocenters. The molecule has 1 aromatic carbocycles. The van der Waals surface area contributed by atoms with Crippen molar-refractivity contribution in [2.45, 2.75) is 56.9 Å². The molecule has 1 saturated carbocycles. The number of rotatable bonds is 4. The Labute approximate surface area is 148 Å². The first-order chi connectivity index (χ1) is 11.6. The minimum absolute atomic E-state index is 0.0842. The van der Waals surface area contributed by atoms with Gasteiger partial charge in [0, 0.05) is 12.1 Å². The van der Waals surface area contributed by atoms with E-state index in [1.807, 2.05) is 0 Å². The van der Waals surface area contributed by atoms with Gasteiger partial charge in [0.05, 0.1) is 10.6 Å². The lowest BCUT2D eigenvalue weighted by atomic mass is 9.79. The van der Waals surface area contributed by atoms with Gasteiger partial charge >= 0.3 is 0 Å². The van der Waals surface area contributed by atoms with Crippen molar-refractivity contribution < 1.29 is 9.18 Å². The van der Waals surface area contributed by atoms with Crippen LogP contribution < -0.4 is 5.32 Å². The second-order valence-electron chi connectivity index (χ2n) is 7.14. The number of carbonyl (C=O) groups excluding carboxylic acids is 1. The highest BCUT2D eigenvalue weighted by atomic mass is 35.5. The summed E-state index contributed by atoms with van der Waals surface area (Å²) in [5.74, 6) is -0.629. The number of nitrogens with zero attached hydrogens (tertiary/aromatic N) is 1. The molecule has 5 heteroatoms. The van der Waals surface area contributed by atoms with Gasteiger partial charge in [0.2, 0.25) is 0 Å². The maximum atomic E-state index is 13.2. The first kappa shape index (κ1) is 17.7.